The van der Waals surface area contributed by atoms with E-state index in [0.717, 1.165) is 0 Å². The fourth-order valence-corrected chi connectivity index (χ4v) is 1.44. The lowest BCUT2D eigenvalue weighted by Crippen LogP contribution is -2.25. The van der Waals surface area contributed by atoms with Gasteiger partial charge in [0.15, 0.2) is 12.2 Å². The number of hydrogen-bond acceptors (Lipinski definition) is 4. The molecule has 1 aromatic heterocycles. The van der Waals surface area contributed by atoms with Gasteiger partial charge in [-0.05, 0) is 0 Å². The predicted molar refractivity (Wildman–Crippen MR) is 40.3 cm³/mol. The molecule has 0 amide bonds. The maximum atomic E-state index is 11.3. The lowest BCUT2D eigenvalue weighted by atomic mass is 9.90. The number of aliphatic carboxylic acids is 1. The van der Waals surface area contributed by atoms with Crippen molar-refractivity contribution in [3.8, 4) is 0 Å². The first-order valence-electron chi connectivity index (χ1n) is 3.87. The van der Waals surface area contributed by atoms with Gasteiger partial charge in [-0.3, -0.25) is 9.59 Å². The van der Waals surface area contributed by atoms with Crippen LogP contribution in [-0.2, 0) is 11.2 Å². The molecule has 0 spiro atoms. The van der Waals surface area contributed by atoms with Gasteiger partial charge in [-0.2, -0.15) is 0 Å². The average molecular weight is 181 g/mol. The number of carboxylic acid groups (broad SMARTS) is 1. The summed E-state index contributed by atoms with van der Waals surface area (Å²) in [4.78, 5) is 25.7. The minimum Gasteiger partial charge on any atom is -0.481 e. The first-order valence-corrected chi connectivity index (χ1v) is 3.87. The maximum absolute atomic E-state index is 11.3. The van der Waals surface area contributed by atoms with Crippen molar-refractivity contribution < 1.29 is 19.1 Å². The van der Waals surface area contributed by atoms with Gasteiger partial charge in [0, 0.05) is 12.8 Å². The molecule has 5 heteroatoms. The Balaban J connectivity index is 2.34. The lowest BCUT2D eigenvalue weighted by Gasteiger charge is -2.14. The second kappa shape index (κ2) is 2.69. The standard InChI is InChI=1S/C8H7NO4/c10-6-2-4(8(11)12)1-5-7(6)13-3-9-5/h3-4H,1-2H2,(H,11,12). The van der Waals surface area contributed by atoms with E-state index in [4.69, 9.17) is 9.52 Å². The zero-order chi connectivity index (χ0) is 9.42. The smallest absolute Gasteiger partial charge is 0.307 e. The summed E-state index contributed by atoms with van der Waals surface area (Å²) in [5.41, 5.74) is 0.462. The Morgan fingerprint density at radius 1 is 1.62 bits per heavy atom. The highest BCUT2D eigenvalue weighted by Gasteiger charge is 2.32. The van der Waals surface area contributed by atoms with Crippen molar-refractivity contribution in [1.82, 2.24) is 4.98 Å². The Morgan fingerprint density at radius 3 is 3.08 bits per heavy atom. The van der Waals surface area contributed by atoms with Crippen LogP contribution in [0.3, 0.4) is 0 Å². The Bertz CT molecular complexity index is 368. The summed E-state index contributed by atoms with van der Waals surface area (Å²) < 4.78 is 4.84. The van der Waals surface area contributed by atoms with Crippen molar-refractivity contribution in [1.29, 1.82) is 0 Å². The normalized spacial score (nSPS) is 21.2. The topological polar surface area (TPSA) is 80.4 Å². The predicted octanol–water partition coefficient (Wildman–Crippen LogP) is 0.504. The van der Waals surface area contributed by atoms with Crippen molar-refractivity contribution in [3.05, 3.63) is 17.8 Å². The van der Waals surface area contributed by atoms with Crippen molar-refractivity contribution in [2.24, 2.45) is 5.92 Å². The number of aromatic nitrogens is 1. The second-order valence-corrected chi connectivity index (χ2v) is 2.99. The molecular weight excluding hydrogens is 174 g/mol. The summed E-state index contributed by atoms with van der Waals surface area (Å²) in [6.07, 6.45) is 1.47. The summed E-state index contributed by atoms with van der Waals surface area (Å²) in [6, 6.07) is 0. The molecule has 0 fully saturated rings. The van der Waals surface area contributed by atoms with E-state index in [2.05, 4.69) is 4.98 Å². The third-order valence-corrected chi connectivity index (χ3v) is 2.12. The van der Waals surface area contributed by atoms with Crippen LogP contribution in [-0.4, -0.2) is 21.8 Å². The van der Waals surface area contributed by atoms with Gasteiger partial charge in [-0.25, -0.2) is 4.98 Å². The molecule has 0 saturated heterocycles. The number of carbonyl (C=O) groups excluding carboxylic acids is 1. The number of rotatable bonds is 1. The Hall–Kier alpha value is -1.65. The minimum absolute atomic E-state index is 0.0114. The molecule has 1 heterocycles. The summed E-state index contributed by atoms with van der Waals surface area (Å²) >= 11 is 0. The zero-order valence-corrected chi connectivity index (χ0v) is 6.69. The Morgan fingerprint density at radius 2 is 2.38 bits per heavy atom. The second-order valence-electron chi connectivity index (χ2n) is 2.99. The number of carbonyl (C=O) groups is 2. The highest BCUT2D eigenvalue weighted by atomic mass is 16.4. The number of Topliss-reactive ketones (excluding diaryl/α,β-unsaturated/α-hetero) is 1. The SMILES string of the molecule is O=C1CC(C(=O)O)Cc2ncoc21. The minimum atomic E-state index is -0.956. The monoisotopic (exact) mass is 181 g/mol. The first-order chi connectivity index (χ1) is 6.18. The largest absolute Gasteiger partial charge is 0.481 e. The van der Waals surface area contributed by atoms with E-state index in [1.54, 1.807) is 0 Å². The number of carboxylic acids is 1. The number of fused-ring (bicyclic) bond motifs is 1. The molecule has 0 aliphatic heterocycles. The molecule has 13 heavy (non-hydrogen) atoms. The van der Waals surface area contributed by atoms with Crippen LogP contribution in [0.1, 0.15) is 22.7 Å². The van der Waals surface area contributed by atoms with Crippen LogP contribution in [0.25, 0.3) is 0 Å². The molecule has 1 aliphatic carbocycles. The van der Waals surface area contributed by atoms with Gasteiger partial charge in [-0.1, -0.05) is 0 Å². The van der Waals surface area contributed by atoms with Gasteiger partial charge in [0.2, 0.25) is 5.78 Å². The average Bonchev–Trinajstić information content (AvgIpc) is 2.51. The number of nitrogens with zero attached hydrogens (tertiary/aromatic N) is 1. The fourth-order valence-electron chi connectivity index (χ4n) is 1.44. The van der Waals surface area contributed by atoms with Gasteiger partial charge in [0.1, 0.15) is 0 Å². The Kier molecular flexibility index (Phi) is 1.65. The van der Waals surface area contributed by atoms with Gasteiger partial charge in [-0.15, -0.1) is 0 Å². The van der Waals surface area contributed by atoms with Gasteiger partial charge < -0.3 is 9.52 Å². The molecule has 1 aliphatic rings. The van der Waals surface area contributed by atoms with Crippen molar-refractivity contribution in [2.75, 3.05) is 0 Å². The zero-order valence-electron chi connectivity index (χ0n) is 6.69. The molecule has 1 aromatic rings. The molecule has 0 aromatic carbocycles. The third-order valence-electron chi connectivity index (χ3n) is 2.12. The Labute approximate surface area is 73.4 Å². The van der Waals surface area contributed by atoms with Crippen LogP contribution in [0, 0.1) is 5.92 Å². The van der Waals surface area contributed by atoms with Crippen LogP contribution in [0.2, 0.25) is 0 Å². The summed E-state index contributed by atoms with van der Waals surface area (Å²) in [7, 11) is 0. The number of oxazole rings is 1. The molecular formula is C8H7NO4. The van der Waals surface area contributed by atoms with E-state index in [1.165, 1.54) is 6.39 Å². The third kappa shape index (κ3) is 1.22. The number of ketones is 1. The van der Waals surface area contributed by atoms with Crippen molar-refractivity contribution >= 4 is 11.8 Å². The summed E-state index contributed by atoms with van der Waals surface area (Å²) in [6.45, 7) is 0. The highest BCUT2D eigenvalue weighted by Crippen LogP contribution is 2.24. The molecule has 1 unspecified atom stereocenters. The van der Waals surface area contributed by atoms with Gasteiger partial charge in [0.25, 0.3) is 0 Å². The van der Waals surface area contributed by atoms with E-state index in [9.17, 15) is 9.59 Å². The van der Waals surface area contributed by atoms with Gasteiger partial charge >= 0.3 is 5.97 Å². The lowest BCUT2D eigenvalue weighted by molar-refractivity contribution is -0.141. The molecule has 0 bridgehead atoms. The molecule has 2 rings (SSSR count). The number of hydrogen-bond donors (Lipinski definition) is 1. The van der Waals surface area contributed by atoms with E-state index < -0.39 is 11.9 Å². The van der Waals surface area contributed by atoms with Crippen LogP contribution in [0.4, 0.5) is 0 Å². The molecule has 0 saturated carbocycles. The van der Waals surface area contributed by atoms with Crippen LogP contribution < -0.4 is 0 Å². The van der Waals surface area contributed by atoms with E-state index in [1.807, 2.05) is 0 Å². The maximum Gasteiger partial charge on any atom is 0.307 e. The van der Waals surface area contributed by atoms with Crippen LogP contribution >= 0.6 is 0 Å². The van der Waals surface area contributed by atoms with Crippen LogP contribution in [0.15, 0.2) is 10.8 Å². The molecule has 1 N–H and O–H groups in total. The molecule has 5 nitrogen and oxygen atoms in total. The first kappa shape index (κ1) is 7.97. The van der Waals surface area contributed by atoms with E-state index >= 15 is 0 Å². The molecule has 68 valence electrons. The van der Waals surface area contributed by atoms with Crippen LogP contribution in [0.5, 0.6) is 0 Å². The highest BCUT2D eigenvalue weighted by molar-refractivity contribution is 5.98. The fraction of sp³-hybridized carbons (Fsp3) is 0.375. The van der Waals surface area contributed by atoms with Crippen molar-refractivity contribution in [3.63, 3.8) is 0 Å². The molecule has 0 radical (unpaired) electrons. The molecule has 1 atom stereocenters. The quantitative estimate of drug-likeness (QED) is 0.682. The summed E-state index contributed by atoms with van der Waals surface area (Å²) in [5.74, 6) is -1.66. The van der Waals surface area contributed by atoms with E-state index in [-0.39, 0.29) is 24.4 Å². The van der Waals surface area contributed by atoms with Gasteiger partial charge in [0.05, 0.1) is 11.6 Å². The van der Waals surface area contributed by atoms with E-state index in [0.29, 0.717) is 5.69 Å². The van der Waals surface area contributed by atoms with Crippen molar-refractivity contribution in [2.45, 2.75) is 12.8 Å². The summed E-state index contributed by atoms with van der Waals surface area (Å²) in [5, 5.41) is 8.71.